The normalized spacial score (nSPS) is 17.1. The number of carbonyl (C=O) groups is 1. The Morgan fingerprint density at radius 2 is 1.53 bits per heavy atom. The van der Waals surface area contributed by atoms with Crippen LogP contribution in [-0.2, 0) is 4.79 Å². The summed E-state index contributed by atoms with van der Waals surface area (Å²) in [5.74, 6) is 0.436. The molecule has 1 aliphatic carbocycles. The van der Waals surface area contributed by atoms with Crippen LogP contribution in [0.25, 0.3) is 0 Å². The van der Waals surface area contributed by atoms with Gasteiger partial charge < -0.3 is 5.73 Å². The van der Waals surface area contributed by atoms with Crippen LogP contribution in [0, 0.1) is 5.41 Å². The fourth-order valence-corrected chi connectivity index (χ4v) is 2.43. The molecule has 1 fully saturated rings. The number of hydrogen-bond acceptors (Lipinski definition) is 2. The zero-order valence-corrected chi connectivity index (χ0v) is 11.5. The van der Waals surface area contributed by atoms with E-state index in [4.69, 9.17) is 5.73 Å². The molecular formula is C15H29NO. The summed E-state index contributed by atoms with van der Waals surface area (Å²) in [4.78, 5) is 11.9. The van der Waals surface area contributed by atoms with Gasteiger partial charge in [-0.1, -0.05) is 51.9 Å². The van der Waals surface area contributed by atoms with Gasteiger partial charge in [0, 0.05) is 18.4 Å². The van der Waals surface area contributed by atoms with Crippen molar-refractivity contribution in [1.29, 1.82) is 0 Å². The first-order valence-electron chi connectivity index (χ1n) is 7.48. The van der Waals surface area contributed by atoms with E-state index in [0.717, 1.165) is 25.7 Å². The van der Waals surface area contributed by atoms with E-state index in [1.54, 1.807) is 0 Å². The van der Waals surface area contributed by atoms with E-state index in [1.807, 2.05) is 0 Å². The van der Waals surface area contributed by atoms with E-state index in [1.165, 1.54) is 44.9 Å². The maximum absolute atomic E-state index is 11.9. The second-order valence-corrected chi connectivity index (χ2v) is 5.63. The molecule has 0 aromatic rings. The number of hydrogen-bond donors (Lipinski definition) is 1. The van der Waals surface area contributed by atoms with E-state index in [-0.39, 0.29) is 5.41 Å². The fraction of sp³-hybridized carbons (Fsp3) is 0.933. The molecule has 17 heavy (non-hydrogen) atoms. The predicted octanol–water partition coefficient (Wildman–Crippen LogP) is 3.83. The third-order valence-electron chi connectivity index (χ3n) is 4.09. The van der Waals surface area contributed by atoms with Crippen LogP contribution in [0.15, 0.2) is 0 Å². The standard InChI is InChI=1S/C15H29NO/c1-2-3-4-5-6-7-8-9-10-14(17)15(13-16)11-12-15/h2-13,16H2,1H3. The molecule has 2 N–H and O–H groups in total. The molecule has 0 radical (unpaired) electrons. The first kappa shape index (κ1) is 14.7. The average molecular weight is 239 g/mol. The molecule has 1 aliphatic rings. The van der Waals surface area contributed by atoms with Crippen molar-refractivity contribution in [2.24, 2.45) is 11.1 Å². The molecule has 0 atom stereocenters. The molecule has 0 saturated heterocycles. The highest BCUT2D eigenvalue weighted by atomic mass is 16.1. The van der Waals surface area contributed by atoms with Gasteiger partial charge in [-0.2, -0.15) is 0 Å². The smallest absolute Gasteiger partial charge is 0.140 e. The van der Waals surface area contributed by atoms with Crippen LogP contribution in [0.5, 0.6) is 0 Å². The zero-order valence-electron chi connectivity index (χ0n) is 11.5. The van der Waals surface area contributed by atoms with E-state index in [0.29, 0.717) is 12.3 Å². The van der Waals surface area contributed by atoms with Crippen molar-refractivity contribution in [3.05, 3.63) is 0 Å². The maximum atomic E-state index is 11.9. The van der Waals surface area contributed by atoms with Gasteiger partial charge in [-0.05, 0) is 19.3 Å². The Morgan fingerprint density at radius 3 is 2.00 bits per heavy atom. The quantitative estimate of drug-likeness (QED) is 0.557. The monoisotopic (exact) mass is 239 g/mol. The molecule has 0 heterocycles. The minimum absolute atomic E-state index is 0.0683. The Kier molecular flexibility index (Phi) is 6.79. The van der Waals surface area contributed by atoms with Gasteiger partial charge in [0.15, 0.2) is 0 Å². The van der Waals surface area contributed by atoms with Crippen LogP contribution in [0.2, 0.25) is 0 Å². The summed E-state index contributed by atoms with van der Waals surface area (Å²) < 4.78 is 0. The summed E-state index contributed by atoms with van der Waals surface area (Å²) in [6.45, 7) is 2.82. The van der Waals surface area contributed by atoms with Crippen molar-refractivity contribution < 1.29 is 4.79 Å². The lowest BCUT2D eigenvalue weighted by Crippen LogP contribution is -2.25. The molecule has 0 amide bonds. The van der Waals surface area contributed by atoms with Crippen LogP contribution in [0.4, 0.5) is 0 Å². The molecule has 1 saturated carbocycles. The number of Topliss-reactive ketones (excluding diaryl/α,β-unsaturated/α-hetero) is 1. The van der Waals surface area contributed by atoms with Gasteiger partial charge in [-0.25, -0.2) is 0 Å². The Bertz CT molecular complexity index is 221. The van der Waals surface area contributed by atoms with Crippen molar-refractivity contribution in [1.82, 2.24) is 0 Å². The second kappa shape index (κ2) is 7.86. The lowest BCUT2D eigenvalue weighted by atomic mass is 9.96. The number of ketones is 1. The molecule has 2 heteroatoms. The van der Waals surface area contributed by atoms with E-state index >= 15 is 0 Å². The predicted molar refractivity (Wildman–Crippen MR) is 73.0 cm³/mol. The first-order valence-corrected chi connectivity index (χ1v) is 7.48. The van der Waals surface area contributed by atoms with Gasteiger partial charge in [0.1, 0.15) is 5.78 Å². The van der Waals surface area contributed by atoms with Gasteiger partial charge in [-0.15, -0.1) is 0 Å². The zero-order chi connectivity index (χ0) is 12.6. The van der Waals surface area contributed by atoms with Crippen molar-refractivity contribution in [3.8, 4) is 0 Å². The van der Waals surface area contributed by atoms with Gasteiger partial charge in [-0.3, -0.25) is 4.79 Å². The van der Waals surface area contributed by atoms with Gasteiger partial charge in [0.05, 0.1) is 0 Å². The topological polar surface area (TPSA) is 43.1 Å². The van der Waals surface area contributed by atoms with Crippen LogP contribution in [0.3, 0.4) is 0 Å². The number of unbranched alkanes of at least 4 members (excludes halogenated alkanes) is 7. The molecule has 0 bridgehead atoms. The van der Waals surface area contributed by atoms with Crippen molar-refractivity contribution >= 4 is 5.78 Å². The molecule has 0 aromatic carbocycles. The van der Waals surface area contributed by atoms with Gasteiger partial charge >= 0.3 is 0 Å². The maximum Gasteiger partial charge on any atom is 0.140 e. The van der Waals surface area contributed by atoms with Gasteiger partial charge in [0.2, 0.25) is 0 Å². The Hall–Kier alpha value is -0.370. The molecule has 100 valence electrons. The lowest BCUT2D eigenvalue weighted by molar-refractivity contribution is -0.123. The Labute approximate surface area is 106 Å². The summed E-state index contributed by atoms with van der Waals surface area (Å²) in [5, 5.41) is 0. The Balaban J connectivity index is 1.89. The highest BCUT2D eigenvalue weighted by Gasteiger charge is 2.47. The van der Waals surface area contributed by atoms with E-state index in [2.05, 4.69) is 6.92 Å². The van der Waals surface area contributed by atoms with E-state index < -0.39 is 0 Å². The first-order chi connectivity index (χ1) is 8.25. The fourth-order valence-electron chi connectivity index (χ4n) is 2.43. The minimum atomic E-state index is -0.0683. The minimum Gasteiger partial charge on any atom is -0.329 e. The van der Waals surface area contributed by atoms with Crippen LogP contribution < -0.4 is 5.73 Å². The summed E-state index contributed by atoms with van der Waals surface area (Å²) >= 11 is 0. The summed E-state index contributed by atoms with van der Waals surface area (Å²) in [6.07, 6.45) is 13.2. The molecule has 0 spiro atoms. The van der Waals surface area contributed by atoms with Gasteiger partial charge in [0.25, 0.3) is 0 Å². The third kappa shape index (κ3) is 5.20. The highest BCUT2D eigenvalue weighted by Crippen LogP contribution is 2.46. The number of nitrogens with two attached hydrogens (primary N) is 1. The average Bonchev–Trinajstić information content (AvgIpc) is 3.13. The van der Waals surface area contributed by atoms with Crippen LogP contribution in [0.1, 0.15) is 77.6 Å². The largest absolute Gasteiger partial charge is 0.329 e. The summed E-state index contributed by atoms with van der Waals surface area (Å²) in [5.41, 5.74) is 5.58. The third-order valence-corrected chi connectivity index (χ3v) is 4.09. The molecule has 0 aromatic heterocycles. The molecular weight excluding hydrogens is 210 g/mol. The molecule has 1 rings (SSSR count). The van der Waals surface area contributed by atoms with Crippen molar-refractivity contribution in [2.45, 2.75) is 77.6 Å². The number of carbonyl (C=O) groups excluding carboxylic acids is 1. The SMILES string of the molecule is CCCCCCCCCCC(=O)C1(CN)CC1. The Morgan fingerprint density at radius 1 is 1.00 bits per heavy atom. The van der Waals surface area contributed by atoms with E-state index in [9.17, 15) is 4.79 Å². The second-order valence-electron chi connectivity index (χ2n) is 5.63. The number of rotatable bonds is 11. The summed E-state index contributed by atoms with van der Waals surface area (Å²) in [7, 11) is 0. The van der Waals surface area contributed by atoms with Crippen molar-refractivity contribution in [2.75, 3.05) is 6.54 Å². The lowest BCUT2D eigenvalue weighted by Gasteiger charge is -2.10. The molecule has 2 nitrogen and oxygen atoms in total. The summed E-state index contributed by atoms with van der Waals surface area (Å²) in [6, 6.07) is 0. The molecule has 0 unspecified atom stereocenters. The molecule has 0 aliphatic heterocycles. The van der Waals surface area contributed by atoms with Crippen molar-refractivity contribution in [3.63, 3.8) is 0 Å². The van der Waals surface area contributed by atoms with Crippen LogP contribution in [-0.4, -0.2) is 12.3 Å². The van der Waals surface area contributed by atoms with Crippen LogP contribution >= 0.6 is 0 Å². The highest BCUT2D eigenvalue weighted by molar-refractivity contribution is 5.87.